The zero-order chi connectivity index (χ0) is 14.3. The van der Waals surface area contributed by atoms with E-state index >= 15 is 0 Å². The Kier molecular flexibility index (Phi) is 3.99. The monoisotopic (exact) mass is 335 g/mol. The lowest BCUT2D eigenvalue weighted by atomic mass is 10.2. The van der Waals surface area contributed by atoms with Gasteiger partial charge in [-0.25, -0.2) is 8.42 Å². The molecule has 1 aromatic rings. The number of hydrogen-bond acceptors (Lipinski definition) is 3. The topological polar surface area (TPSA) is 46.6 Å². The van der Waals surface area contributed by atoms with Crippen LogP contribution in [-0.2, 0) is 20.6 Å². The third-order valence-corrected chi connectivity index (χ3v) is 6.29. The summed E-state index contributed by atoms with van der Waals surface area (Å²) in [5, 5.41) is 0.487. The summed E-state index contributed by atoms with van der Waals surface area (Å²) in [6.07, 6.45) is 1.93. The fourth-order valence-electron chi connectivity index (χ4n) is 2.74. The number of benzene rings is 1. The molecule has 2 heterocycles. The molecule has 0 saturated carbocycles. The SMILES string of the molecule is O=S(=O)(c1ccc(Cl)c(CCl)c1)N1CC2CCC(C1)O2. The van der Waals surface area contributed by atoms with E-state index in [0.717, 1.165) is 12.8 Å². The number of alkyl halides is 1. The van der Waals surface area contributed by atoms with Gasteiger partial charge in [-0.1, -0.05) is 11.6 Å². The van der Waals surface area contributed by atoms with Crippen LogP contribution in [0.4, 0.5) is 0 Å². The highest BCUT2D eigenvalue weighted by Gasteiger charge is 2.39. The molecule has 0 radical (unpaired) electrons. The van der Waals surface area contributed by atoms with Crippen molar-refractivity contribution in [3.05, 3.63) is 28.8 Å². The Bertz CT molecular complexity index is 608. The zero-order valence-electron chi connectivity index (χ0n) is 10.8. The van der Waals surface area contributed by atoms with Crippen LogP contribution in [0.3, 0.4) is 0 Å². The van der Waals surface area contributed by atoms with Crippen molar-refractivity contribution >= 4 is 33.2 Å². The highest BCUT2D eigenvalue weighted by Crippen LogP contribution is 2.31. The van der Waals surface area contributed by atoms with Crippen LogP contribution < -0.4 is 0 Å². The highest BCUT2D eigenvalue weighted by atomic mass is 35.5. The number of sulfonamides is 1. The summed E-state index contributed by atoms with van der Waals surface area (Å²) in [7, 11) is -3.50. The maximum absolute atomic E-state index is 12.7. The van der Waals surface area contributed by atoms with Gasteiger partial charge in [0, 0.05) is 24.0 Å². The smallest absolute Gasteiger partial charge is 0.243 e. The van der Waals surface area contributed by atoms with Gasteiger partial charge in [0.15, 0.2) is 0 Å². The molecule has 0 aliphatic carbocycles. The Morgan fingerprint density at radius 1 is 1.25 bits per heavy atom. The summed E-state index contributed by atoms with van der Waals surface area (Å²) >= 11 is 11.8. The molecule has 0 spiro atoms. The maximum atomic E-state index is 12.7. The number of hydrogen-bond donors (Lipinski definition) is 0. The first-order chi connectivity index (χ1) is 9.50. The second kappa shape index (κ2) is 5.46. The molecule has 2 saturated heterocycles. The van der Waals surface area contributed by atoms with Crippen molar-refractivity contribution in [1.29, 1.82) is 0 Å². The van der Waals surface area contributed by atoms with Gasteiger partial charge < -0.3 is 4.74 Å². The van der Waals surface area contributed by atoms with Gasteiger partial charge in [0.05, 0.1) is 17.1 Å². The Balaban J connectivity index is 1.92. The summed E-state index contributed by atoms with van der Waals surface area (Å²) in [6.45, 7) is 0.856. The van der Waals surface area contributed by atoms with E-state index in [1.807, 2.05) is 0 Å². The average Bonchev–Trinajstić information content (AvgIpc) is 2.77. The molecule has 2 unspecified atom stereocenters. The van der Waals surface area contributed by atoms with E-state index in [-0.39, 0.29) is 23.0 Å². The second-order valence-corrected chi connectivity index (χ2v) is 7.78. The molecule has 110 valence electrons. The van der Waals surface area contributed by atoms with Gasteiger partial charge in [-0.2, -0.15) is 4.31 Å². The molecular weight excluding hydrogens is 321 g/mol. The molecule has 2 atom stereocenters. The molecule has 2 fully saturated rings. The molecule has 3 rings (SSSR count). The van der Waals surface area contributed by atoms with E-state index < -0.39 is 10.0 Å². The summed E-state index contributed by atoms with van der Waals surface area (Å²) in [5.41, 5.74) is 0.630. The molecule has 20 heavy (non-hydrogen) atoms. The molecule has 2 aliphatic rings. The van der Waals surface area contributed by atoms with Crippen molar-refractivity contribution in [2.24, 2.45) is 0 Å². The number of ether oxygens (including phenoxy) is 1. The van der Waals surface area contributed by atoms with E-state index in [4.69, 9.17) is 27.9 Å². The second-order valence-electron chi connectivity index (χ2n) is 5.17. The number of morpholine rings is 1. The predicted octanol–water partition coefficient (Wildman–Crippen LogP) is 2.63. The lowest BCUT2D eigenvalue weighted by Gasteiger charge is -2.31. The Morgan fingerprint density at radius 3 is 2.50 bits per heavy atom. The lowest BCUT2D eigenvalue weighted by molar-refractivity contribution is -0.0114. The standard InChI is InChI=1S/C13H15Cl2NO3S/c14-6-9-5-12(3-4-13(9)15)20(17,18)16-7-10-1-2-11(8-16)19-10/h3-5,10-11H,1-2,6-8H2. The van der Waals surface area contributed by atoms with Gasteiger partial charge in [-0.15, -0.1) is 11.6 Å². The van der Waals surface area contributed by atoms with Crippen LogP contribution in [0.25, 0.3) is 0 Å². The zero-order valence-corrected chi connectivity index (χ0v) is 13.1. The molecule has 2 aliphatic heterocycles. The minimum Gasteiger partial charge on any atom is -0.372 e. The van der Waals surface area contributed by atoms with Crippen molar-refractivity contribution in [3.63, 3.8) is 0 Å². The summed E-state index contributed by atoms with van der Waals surface area (Å²) in [5.74, 6) is 0.191. The molecule has 0 aromatic heterocycles. The van der Waals surface area contributed by atoms with Crippen molar-refractivity contribution in [3.8, 4) is 0 Å². The first kappa shape index (κ1) is 14.6. The van der Waals surface area contributed by atoms with Gasteiger partial charge in [0.25, 0.3) is 0 Å². The van der Waals surface area contributed by atoms with Crippen LogP contribution in [0.5, 0.6) is 0 Å². The highest BCUT2D eigenvalue weighted by molar-refractivity contribution is 7.89. The van der Waals surface area contributed by atoms with Crippen LogP contribution in [-0.4, -0.2) is 38.0 Å². The minimum atomic E-state index is -3.50. The number of fused-ring (bicyclic) bond motifs is 2. The molecule has 0 N–H and O–H groups in total. The number of halogens is 2. The number of rotatable bonds is 3. The third-order valence-electron chi connectivity index (χ3n) is 3.81. The molecule has 0 amide bonds. The van der Waals surface area contributed by atoms with Crippen LogP contribution >= 0.6 is 23.2 Å². The van der Waals surface area contributed by atoms with Gasteiger partial charge in [-0.05, 0) is 36.6 Å². The molecule has 7 heteroatoms. The van der Waals surface area contributed by atoms with Gasteiger partial charge in [0.2, 0.25) is 10.0 Å². The number of nitrogens with zero attached hydrogens (tertiary/aromatic N) is 1. The Labute approximate surface area is 128 Å². The van der Waals surface area contributed by atoms with Crippen molar-refractivity contribution in [2.45, 2.75) is 35.8 Å². The average molecular weight is 336 g/mol. The fraction of sp³-hybridized carbons (Fsp3) is 0.538. The van der Waals surface area contributed by atoms with E-state index in [1.165, 1.54) is 10.4 Å². The fourth-order valence-corrected chi connectivity index (χ4v) is 4.77. The summed E-state index contributed by atoms with van der Waals surface area (Å²) < 4.78 is 32.5. The molecule has 4 nitrogen and oxygen atoms in total. The van der Waals surface area contributed by atoms with Crippen LogP contribution in [0.1, 0.15) is 18.4 Å². The normalized spacial score (nSPS) is 26.9. The minimum absolute atomic E-state index is 0.0309. The Morgan fingerprint density at radius 2 is 1.90 bits per heavy atom. The van der Waals surface area contributed by atoms with E-state index in [1.54, 1.807) is 12.1 Å². The van der Waals surface area contributed by atoms with E-state index in [9.17, 15) is 8.42 Å². The van der Waals surface area contributed by atoms with Gasteiger partial charge in [-0.3, -0.25) is 0 Å². The van der Waals surface area contributed by atoms with Gasteiger partial charge >= 0.3 is 0 Å². The van der Waals surface area contributed by atoms with E-state index in [2.05, 4.69) is 0 Å². The predicted molar refractivity (Wildman–Crippen MR) is 77.7 cm³/mol. The van der Waals surface area contributed by atoms with E-state index in [0.29, 0.717) is 23.7 Å². The van der Waals surface area contributed by atoms with Crippen molar-refractivity contribution in [2.75, 3.05) is 13.1 Å². The maximum Gasteiger partial charge on any atom is 0.243 e. The first-order valence-corrected chi connectivity index (χ1v) is 8.86. The Hall–Kier alpha value is -0.330. The first-order valence-electron chi connectivity index (χ1n) is 6.50. The van der Waals surface area contributed by atoms with Crippen LogP contribution in [0.2, 0.25) is 5.02 Å². The van der Waals surface area contributed by atoms with Crippen molar-refractivity contribution in [1.82, 2.24) is 4.31 Å². The summed E-state index contributed by atoms with van der Waals surface area (Å²) in [4.78, 5) is 0.249. The van der Waals surface area contributed by atoms with Crippen LogP contribution in [0, 0.1) is 0 Å². The van der Waals surface area contributed by atoms with Crippen molar-refractivity contribution < 1.29 is 13.2 Å². The molecule has 2 bridgehead atoms. The quantitative estimate of drug-likeness (QED) is 0.797. The lowest BCUT2D eigenvalue weighted by Crippen LogP contribution is -2.45. The summed E-state index contributed by atoms with van der Waals surface area (Å²) in [6, 6.07) is 4.67. The van der Waals surface area contributed by atoms with Crippen LogP contribution in [0.15, 0.2) is 23.1 Å². The van der Waals surface area contributed by atoms with Gasteiger partial charge in [0.1, 0.15) is 0 Å². The largest absolute Gasteiger partial charge is 0.372 e. The molecular formula is C13H15Cl2NO3S. The molecule has 1 aromatic carbocycles. The third kappa shape index (κ3) is 2.57.